The molecule has 0 fully saturated rings. The number of anilines is 1. The van der Waals surface area contributed by atoms with Crippen LogP contribution >= 0.6 is 23.2 Å². The number of nitrogens with one attached hydrogen (secondary N) is 2. The Hall–Kier alpha value is -2.00. The average Bonchev–Trinajstić information content (AvgIpc) is 2.59. The van der Waals surface area contributed by atoms with Crippen molar-refractivity contribution in [2.24, 2.45) is 5.92 Å². The number of benzene rings is 2. The molecule has 0 aliphatic heterocycles. The molecule has 0 atom stereocenters. The fraction of sp³-hybridized carbons (Fsp3) is 0.278. The van der Waals surface area contributed by atoms with Gasteiger partial charge in [-0.15, -0.1) is 0 Å². The molecular formula is C18H21Cl2N3O4S. The van der Waals surface area contributed by atoms with E-state index in [-0.39, 0.29) is 29.6 Å². The van der Waals surface area contributed by atoms with Crippen LogP contribution < -0.4 is 10.1 Å². The summed E-state index contributed by atoms with van der Waals surface area (Å²) < 4.78 is 27.8. The molecule has 152 valence electrons. The molecule has 0 aliphatic rings. The number of hydrogen-bond acceptors (Lipinski definition) is 4. The van der Waals surface area contributed by atoms with Crippen LogP contribution in [0.3, 0.4) is 0 Å². The Balaban J connectivity index is 2.24. The van der Waals surface area contributed by atoms with Gasteiger partial charge in [-0.1, -0.05) is 43.1 Å². The van der Waals surface area contributed by atoms with Gasteiger partial charge >= 0.3 is 6.09 Å². The van der Waals surface area contributed by atoms with Crippen LogP contribution in [0.4, 0.5) is 10.5 Å². The summed E-state index contributed by atoms with van der Waals surface area (Å²) in [5.41, 5.74) is 3.59. The highest BCUT2D eigenvalue weighted by atomic mass is 35.5. The third-order valence-corrected chi connectivity index (χ3v) is 5.55. The van der Waals surface area contributed by atoms with Crippen molar-refractivity contribution in [3.63, 3.8) is 0 Å². The molecule has 2 aromatic carbocycles. The van der Waals surface area contributed by atoms with Crippen molar-refractivity contribution in [1.82, 2.24) is 10.4 Å². The smallest absolute Gasteiger partial charge is 0.421 e. The lowest BCUT2D eigenvalue weighted by atomic mass is 10.2. The lowest BCUT2D eigenvalue weighted by Crippen LogP contribution is -2.43. The Morgan fingerprint density at radius 2 is 1.71 bits per heavy atom. The van der Waals surface area contributed by atoms with E-state index in [1.165, 1.54) is 30.3 Å². The van der Waals surface area contributed by atoms with Crippen molar-refractivity contribution >= 4 is 45.0 Å². The predicted molar refractivity (Wildman–Crippen MR) is 110 cm³/mol. The first-order valence-corrected chi connectivity index (χ1v) is 10.6. The van der Waals surface area contributed by atoms with Gasteiger partial charge in [0.2, 0.25) is 0 Å². The first-order chi connectivity index (χ1) is 13.1. The highest BCUT2D eigenvalue weighted by Gasteiger charge is 2.18. The normalized spacial score (nSPS) is 11.5. The first-order valence-electron chi connectivity index (χ1n) is 8.39. The summed E-state index contributed by atoms with van der Waals surface area (Å²) in [6, 6.07) is 10.4. The zero-order valence-corrected chi connectivity index (χ0v) is 17.6. The molecule has 1 amide bonds. The molecule has 28 heavy (non-hydrogen) atoms. The number of nitrogens with zero attached hydrogens (tertiary/aromatic N) is 1. The standard InChI is InChI=1S/C18H21Cl2N3O4S/c1-12(2)11-23(18(24)25)21-10-13-3-4-15(20)9-17(13)22-28(26,27)16-7-5-14(19)6-8-16/h3-9,12,21-22H,10-11H2,1-2H3,(H,24,25). The number of hydrogen-bond donors (Lipinski definition) is 3. The molecule has 0 aromatic heterocycles. The summed E-state index contributed by atoms with van der Waals surface area (Å²) in [4.78, 5) is 11.4. The second-order valence-corrected chi connectivity index (χ2v) is 9.04. The van der Waals surface area contributed by atoms with Crippen LogP contribution in [0, 0.1) is 5.92 Å². The van der Waals surface area contributed by atoms with Crippen molar-refractivity contribution < 1.29 is 18.3 Å². The first kappa shape index (κ1) is 22.3. The van der Waals surface area contributed by atoms with Crippen LogP contribution in [0.15, 0.2) is 47.4 Å². The van der Waals surface area contributed by atoms with E-state index in [0.29, 0.717) is 15.6 Å². The monoisotopic (exact) mass is 445 g/mol. The number of carboxylic acid groups (broad SMARTS) is 1. The van der Waals surface area contributed by atoms with E-state index in [0.717, 1.165) is 5.01 Å². The third-order valence-electron chi connectivity index (χ3n) is 3.68. The minimum Gasteiger partial charge on any atom is -0.464 e. The van der Waals surface area contributed by atoms with Crippen LogP contribution in [0.2, 0.25) is 10.0 Å². The molecule has 10 heteroatoms. The Kier molecular flexibility index (Phi) is 7.54. The highest BCUT2D eigenvalue weighted by Crippen LogP contribution is 2.25. The van der Waals surface area contributed by atoms with Crippen molar-refractivity contribution in [3.8, 4) is 0 Å². The van der Waals surface area contributed by atoms with Gasteiger partial charge in [-0.25, -0.2) is 23.6 Å². The third kappa shape index (κ3) is 6.27. The number of amides is 1. The Bertz CT molecular complexity index is 934. The van der Waals surface area contributed by atoms with Crippen molar-refractivity contribution in [1.29, 1.82) is 0 Å². The molecule has 0 radical (unpaired) electrons. The van der Waals surface area contributed by atoms with E-state index in [2.05, 4.69) is 10.1 Å². The molecule has 7 nitrogen and oxygen atoms in total. The van der Waals surface area contributed by atoms with E-state index in [1.807, 2.05) is 13.8 Å². The molecule has 0 saturated carbocycles. The number of rotatable bonds is 8. The summed E-state index contributed by atoms with van der Waals surface area (Å²) in [5.74, 6) is 0.122. The molecule has 0 aliphatic carbocycles. The molecule has 3 N–H and O–H groups in total. The minimum absolute atomic E-state index is 0.0442. The van der Waals surface area contributed by atoms with Gasteiger partial charge in [0.15, 0.2) is 0 Å². The van der Waals surface area contributed by atoms with Crippen LogP contribution in [-0.4, -0.2) is 31.2 Å². The lowest BCUT2D eigenvalue weighted by molar-refractivity contribution is 0.111. The fourth-order valence-electron chi connectivity index (χ4n) is 2.37. The van der Waals surface area contributed by atoms with E-state index >= 15 is 0 Å². The maximum absolute atomic E-state index is 12.6. The summed E-state index contributed by atoms with van der Waals surface area (Å²) in [6.45, 7) is 4.17. The van der Waals surface area contributed by atoms with Crippen molar-refractivity contribution in [3.05, 3.63) is 58.1 Å². The zero-order valence-electron chi connectivity index (χ0n) is 15.3. The van der Waals surface area contributed by atoms with Crippen LogP contribution in [-0.2, 0) is 16.6 Å². The molecule has 0 spiro atoms. The molecule has 2 rings (SSSR count). The topological polar surface area (TPSA) is 98.7 Å². The van der Waals surface area contributed by atoms with E-state index < -0.39 is 16.1 Å². The maximum Gasteiger partial charge on any atom is 0.421 e. The van der Waals surface area contributed by atoms with Gasteiger partial charge in [-0.05, 0) is 47.9 Å². The van der Waals surface area contributed by atoms with Gasteiger partial charge in [0.25, 0.3) is 10.0 Å². The Morgan fingerprint density at radius 1 is 1.11 bits per heavy atom. The summed E-state index contributed by atoms with van der Waals surface area (Å²) in [6.07, 6.45) is -1.12. The largest absolute Gasteiger partial charge is 0.464 e. The van der Waals surface area contributed by atoms with Gasteiger partial charge in [0, 0.05) is 23.1 Å². The number of carbonyl (C=O) groups is 1. The van der Waals surface area contributed by atoms with Gasteiger partial charge in [0.05, 0.1) is 10.6 Å². The number of sulfonamides is 1. The second kappa shape index (κ2) is 9.47. The quantitative estimate of drug-likeness (QED) is 0.521. The van der Waals surface area contributed by atoms with Crippen LogP contribution in [0.25, 0.3) is 0 Å². The van der Waals surface area contributed by atoms with Crippen LogP contribution in [0.5, 0.6) is 0 Å². The SMILES string of the molecule is CC(C)CN(NCc1ccc(Cl)cc1NS(=O)(=O)c1ccc(Cl)cc1)C(=O)O. The van der Waals surface area contributed by atoms with E-state index in [4.69, 9.17) is 23.2 Å². The molecular weight excluding hydrogens is 425 g/mol. The van der Waals surface area contributed by atoms with Crippen LogP contribution in [0.1, 0.15) is 19.4 Å². The van der Waals surface area contributed by atoms with Gasteiger partial charge in [0.1, 0.15) is 0 Å². The van der Waals surface area contributed by atoms with Gasteiger partial charge < -0.3 is 5.11 Å². The molecule has 0 bridgehead atoms. The molecule has 0 heterocycles. The minimum atomic E-state index is -3.87. The fourth-order valence-corrected chi connectivity index (χ4v) is 3.76. The Labute approximate surface area is 174 Å². The second-order valence-electron chi connectivity index (χ2n) is 6.48. The highest BCUT2D eigenvalue weighted by molar-refractivity contribution is 7.92. The number of halogens is 2. The summed E-state index contributed by atoms with van der Waals surface area (Å²) in [7, 11) is -3.87. The maximum atomic E-state index is 12.6. The van der Waals surface area contributed by atoms with Crippen molar-refractivity contribution in [2.45, 2.75) is 25.3 Å². The van der Waals surface area contributed by atoms with Gasteiger partial charge in [-0.2, -0.15) is 0 Å². The zero-order chi connectivity index (χ0) is 20.9. The lowest BCUT2D eigenvalue weighted by Gasteiger charge is -2.23. The molecule has 0 unspecified atom stereocenters. The van der Waals surface area contributed by atoms with Crippen molar-refractivity contribution in [2.75, 3.05) is 11.3 Å². The Morgan fingerprint density at radius 3 is 2.29 bits per heavy atom. The van der Waals surface area contributed by atoms with E-state index in [1.54, 1.807) is 12.1 Å². The average molecular weight is 446 g/mol. The number of hydrazine groups is 1. The summed E-state index contributed by atoms with van der Waals surface area (Å²) in [5, 5.41) is 11.1. The van der Waals surface area contributed by atoms with E-state index in [9.17, 15) is 18.3 Å². The van der Waals surface area contributed by atoms with Gasteiger partial charge in [-0.3, -0.25) is 4.72 Å². The molecule has 2 aromatic rings. The predicted octanol–water partition coefficient (Wildman–Crippen LogP) is 4.43. The molecule has 0 saturated heterocycles. The summed E-state index contributed by atoms with van der Waals surface area (Å²) >= 11 is 11.8.